The molecule has 1 fully saturated rings. The molecule has 0 aliphatic carbocycles. The van der Waals surface area contributed by atoms with Crippen LogP contribution in [0.25, 0.3) is 17.0 Å². The molecule has 1 N–H and O–H groups in total. The first-order valence-electron chi connectivity index (χ1n) is 10.6. The molecule has 2 heterocycles. The van der Waals surface area contributed by atoms with Crippen LogP contribution in [0.3, 0.4) is 0 Å². The van der Waals surface area contributed by atoms with E-state index in [0.717, 1.165) is 27.6 Å². The molecule has 3 amide bonds. The minimum absolute atomic E-state index is 0.218. The van der Waals surface area contributed by atoms with Crippen LogP contribution >= 0.6 is 0 Å². The first-order valence-corrected chi connectivity index (χ1v) is 10.6. The summed E-state index contributed by atoms with van der Waals surface area (Å²) in [6.07, 6.45) is 3.67. The fourth-order valence-corrected chi connectivity index (χ4v) is 4.11. The summed E-state index contributed by atoms with van der Waals surface area (Å²) in [6.45, 7) is 0.739. The van der Waals surface area contributed by atoms with Crippen molar-refractivity contribution in [2.75, 3.05) is 0 Å². The molecule has 6 nitrogen and oxygen atoms in total. The zero-order chi connectivity index (χ0) is 22.8. The van der Waals surface area contributed by atoms with Crippen molar-refractivity contribution in [3.05, 3.63) is 113 Å². The molecule has 0 radical (unpaired) electrons. The molecular weight excluding hydrogens is 412 g/mol. The van der Waals surface area contributed by atoms with Crippen molar-refractivity contribution in [2.45, 2.75) is 13.1 Å². The maximum absolute atomic E-state index is 13.0. The van der Waals surface area contributed by atoms with E-state index in [2.05, 4.69) is 16.0 Å². The molecule has 1 saturated heterocycles. The van der Waals surface area contributed by atoms with E-state index < -0.39 is 6.03 Å². The van der Waals surface area contributed by atoms with E-state index in [1.807, 2.05) is 79.0 Å². The second kappa shape index (κ2) is 8.48. The first-order chi connectivity index (χ1) is 16.1. The number of hydrogen-bond donors (Lipinski definition) is 1. The molecule has 0 spiro atoms. The van der Waals surface area contributed by atoms with Gasteiger partial charge in [0.15, 0.2) is 0 Å². The Bertz CT molecular complexity index is 1440. The lowest BCUT2D eigenvalue weighted by atomic mass is 10.1. The standard InChI is InChI=1S/C27H20N4O2/c28-15-20-10-4-5-11-21(20)17-30-18-22(23-12-6-7-13-25(23)30)14-24-26(32)31(27(33)29-24)16-19-8-2-1-3-9-19/h1-14,18H,16-17H2,(H,29,33)/b24-14+. The topological polar surface area (TPSA) is 78.1 Å². The lowest BCUT2D eigenvalue weighted by Crippen LogP contribution is -2.30. The van der Waals surface area contributed by atoms with Crippen molar-refractivity contribution in [2.24, 2.45) is 0 Å². The normalized spacial score (nSPS) is 14.6. The Hall–Kier alpha value is -4.63. The summed E-state index contributed by atoms with van der Waals surface area (Å²) in [7, 11) is 0. The molecule has 0 saturated carbocycles. The van der Waals surface area contributed by atoms with Gasteiger partial charge in [0.25, 0.3) is 5.91 Å². The maximum atomic E-state index is 13.0. The number of fused-ring (bicyclic) bond motifs is 1. The van der Waals surface area contributed by atoms with E-state index in [9.17, 15) is 14.9 Å². The summed E-state index contributed by atoms with van der Waals surface area (Å²) in [4.78, 5) is 26.7. The number of rotatable bonds is 5. The molecule has 33 heavy (non-hydrogen) atoms. The molecule has 3 aromatic carbocycles. The minimum Gasteiger partial charge on any atom is -0.342 e. The lowest BCUT2D eigenvalue weighted by Gasteiger charge is -2.11. The maximum Gasteiger partial charge on any atom is 0.329 e. The summed E-state index contributed by atoms with van der Waals surface area (Å²) in [6, 6.07) is 26.6. The fourth-order valence-electron chi connectivity index (χ4n) is 4.11. The molecule has 1 aliphatic heterocycles. The summed E-state index contributed by atoms with van der Waals surface area (Å²) in [5, 5.41) is 13.1. The van der Waals surface area contributed by atoms with E-state index >= 15 is 0 Å². The Morgan fingerprint density at radius 2 is 1.61 bits per heavy atom. The van der Waals surface area contributed by atoms with Crippen LogP contribution < -0.4 is 5.32 Å². The van der Waals surface area contributed by atoms with Crippen LogP contribution in [0.1, 0.15) is 22.3 Å². The predicted octanol–water partition coefficient (Wildman–Crippen LogP) is 4.65. The van der Waals surface area contributed by atoms with Gasteiger partial charge in [0, 0.05) is 29.2 Å². The van der Waals surface area contributed by atoms with Crippen molar-refractivity contribution < 1.29 is 9.59 Å². The number of urea groups is 1. The number of nitrogens with one attached hydrogen (secondary N) is 1. The van der Waals surface area contributed by atoms with Gasteiger partial charge in [0.05, 0.1) is 18.2 Å². The lowest BCUT2D eigenvalue weighted by molar-refractivity contribution is -0.123. The zero-order valence-electron chi connectivity index (χ0n) is 17.7. The van der Waals surface area contributed by atoms with Crippen LogP contribution in [-0.4, -0.2) is 21.4 Å². The zero-order valence-corrected chi connectivity index (χ0v) is 17.7. The van der Waals surface area contributed by atoms with E-state index in [-0.39, 0.29) is 18.1 Å². The number of benzene rings is 3. The number of nitriles is 1. The van der Waals surface area contributed by atoms with Gasteiger partial charge in [-0.1, -0.05) is 66.7 Å². The van der Waals surface area contributed by atoms with Gasteiger partial charge in [-0.3, -0.25) is 9.69 Å². The molecule has 1 aliphatic rings. The van der Waals surface area contributed by atoms with Gasteiger partial charge < -0.3 is 9.88 Å². The molecule has 5 rings (SSSR count). The van der Waals surface area contributed by atoms with Gasteiger partial charge in [0.2, 0.25) is 0 Å². The molecule has 0 bridgehead atoms. The van der Waals surface area contributed by atoms with Gasteiger partial charge in [-0.2, -0.15) is 5.26 Å². The Kier molecular flexibility index (Phi) is 5.21. The van der Waals surface area contributed by atoms with Crippen LogP contribution in [0.15, 0.2) is 90.8 Å². The smallest absolute Gasteiger partial charge is 0.329 e. The monoisotopic (exact) mass is 432 g/mol. The van der Waals surface area contributed by atoms with Crippen molar-refractivity contribution in [1.29, 1.82) is 5.26 Å². The van der Waals surface area contributed by atoms with Gasteiger partial charge in [-0.25, -0.2) is 4.79 Å². The molecule has 6 heteroatoms. The number of para-hydroxylation sites is 1. The average Bonchev–Trinajstić information content (AvgIpc) is 3.32. The van der Waals surface area contributed by atoms with Crippen LogP contribution in [0.2, 0.25) is 0 Å². The van der Waals surface area contributed by atoms with Crippen molar-refractivity contribution in [1.82, 2.24) is 14.8 Å². The summed E-state index contributed by atoms with van der Waals surface area (Å²) < 4.78 is 2.06. The number of hydrogen-bond acceptors (Lipinski definition) is 3. The number of nitrogens with zero attached hydrogens (tertiary/aromatic N) is 3. The van der Waals surface area contributed by atoms with Gasteiger partial charge in [-0.15, -0.1) is 0 Å². The highest BCUT2D eigenvalue weighted by Crippen LogP contribution is 2.26. The average molecular weight is 432 g/mol. The van der Waals surface area contributed by atoms with Gasteiger partial charge in [-0.05, 0) is 29.3 Å². The fraction of sp³-hybridized carbons (Fsp3) is 0.0741. The Labute approximate surface area is 191 Å². The van der Waals surface area contributed by atoms with Crippen LogP contribution in [0.4, 0.5) is 4.79 Å². The largest absolute Gasteiger partial charge is 0.342 e. The van der Waals surface area contributed by atoms with E-state index in [0.29, 0.717) is 12.1 Å². The second-order valence-corrected chi connectivity index (χ2v) is 7.86. The van der Waals surface area contributed by atoms with Crippen LogP contribution in [-0.2, 0) is 17.9 Å². The third kappa shape index (κ3) is 3.88. The molecule has 4 aromatic rings. The highest BCUT2D eigenvalue weighted by atomic mass is 16.2. The number of carbonyl (C=O) groups excluding carboxylic acids is 2. The molecule has 0 unspecified atom stereocenters. The molecule has 0 atom stereocenters. The molecule has 160 valence electrons. The highest BCUT2D eigenvalue weighted by Gasteiger charge is 2.33. The van der Waals surface area contributed by atoms with Crippen molar-refractivity contribution in [3.63, 3.8) is 0 Å². The highest BCUT2D eigenvalue weighted by molar-refractivity contribution is 6.14. The number of amides is 3. The Morgan fingerprint density at radius 3 is 2.42 bits per heavy atom. The number of carbonyl (C=O) groups is 2. The third-order valence-corrected chi connectivity index (χ3v) is 5.74. The van der Waals surface area contributed by atoms with E-state index in [4.69, 9.17) is 0 Å². The number of imide groups is 1. The summed E-state index contributed by atoms with van der Waals surface area (Å²) in [5.74, 6) is -0.351. The van der Waals surface area contributed by atoms with Gasteiger partial charge in [0.1, 0.15) is 5.70 Å². The van der Waals surface area contributed by atoms with Crippen LogP contribution in [0.5, 0.6) is 0 Å². The number of aromatic nitrogens is 1. The van der Waals surface area contributed by atoms with Crippen LogP contribution in [0, 0.1) is 11.3 Å². The summed E-state index contributed by atoms with van der Waals surface area (Å²) >= 11 is 0. The Balaban J connectivity index is 1.49. The van der Waals surface area contributed by atoms with E-state index in [1.54, 1.807) is 12.1 Å². The minimum atomic E-state index is -0.429. The Morgan fingerprint density at radius 1 is 0.879 bits per heavy atom. The molecular formula is C27H20N4O2. The van der Waals surface area contributed by atoms with Gasteiger partial charge >= 0.3 is 6.03 Å². The quantitative estimate of drug-likeness (QED) is 0.368. The van der Waals surface area contributed by atoms with E-state index in [1.165, 1.54) is 4.90 Å². The van der Waals surface area contributed by atoms with Crippen molar-refractivity contribution in [3.8, 4) is 6.07 Å². The third-order valence-electron chi connectivity index (χ3n) is 5.74. The van der Waals surface area contributed by atoms with Crippen molar-refractivity contribution >= 4 is 28.9 Å². The predicted molar refractivity (Wildman–Crippen MR) is 126 cm³/mol. The molecule has 1 aromatic heterocycles. The SMILES string of the molecule is N#Cc1ccccc1Cn1cc(/C=C2/NC(=O)N(Cc3ccccc3)C2=O)c2ccccc21. The summed E-state index contributed by atoms with van der Waals surface area (Å²) in [5.41, 5.74) is 4.48. The second-order valence-electron chi connectivity index (χ2n) is 7.86. The first kappa shape index (κ1) is 20.3.